The third-order valence-corrected chi connectivity index (χ3v) is 5.56. The molecule has 8 heteroatoms. The van der Waals surface area contributed by atoms with E-state index < -0.39 is 10.0 Å². The van der Waals surface area contributed by atoms with Gasteiger partial charge in [0.25, 0.3) is 10.0 Å². The number of nitrogen functional groups attached to an aromatic ring is 1. The van der Waals surface area contributed by atoms with E-state index in [1.807, 2.05) is 0 Å². The smallest absolute Gasteiger partial charge is 0.252 e. The fourth-order valence-corrected chi connectivity index (χ4v) is 3.86. The lowest BCUT2D eigenvalue weighted by molar-refractivity contribution is 0.378. The third kappa shape index (κ3) is 2.55. The van der Waals surface area contributed by atoms with Gasteiger partial charge in [-0.25, -0.2) is 8.42 Å². The summed E-state index contributed by atoms with van der Waals surface area (Å²) in [6.45, 7) is 1.92. The summed E-state index contributed by atoms with van der Waals surface area (Å²) in [5, 5.41) is 5.36. The average molecular weight is 287 g/mol. The molecule has 98 valence electrons. The first-order chi connectivity index (χ1) is 8.39. The first kappa shape index (κ1) is 13.1. The molecular formula is C10H13N3O3S2. The van der Waals surface area contributed by atoms with E-state index >= 15 is 0 Å². The van der Waals surface area contributed by atoms with E-state index in [2.05, 4.69) is 5.16 Å². The largest absolute Gasteiger partial charge is 0.398 e. The molecule has 0 unspecified atom stereocenters. The molecular weight excluding hydrogens is 274 g/mol. The minimum Gasteiger partial charge on any atom is -0.398 e. The van der Waals surface area contributed by atoms with Crippen molar-refractivity contribution < 1.29 is 12.9 Å². The maximum Gasteiger partial charge on any atom is 0.252 e. The van der Waals surface area contributed by atoms with Crippen molar-refractivity contribution in [3.05, 3.63) is 29.0 Å². The zero-order chi connectivity index (χ0) is 13.3. The maximum atomic E-state index is 12.2. The highest BCUT2D eigenvalue weighted by molar-refractivity contribution is 7.91. The Hall–Kier alpha value is -1.38. The van der Waals surface area contributed by atoms with Crippen LogP contribution < -0.4 is 5.73 Å². The standard InChI is InChI=1S/C10H13N3O3S2/c1-7-3-9(12-16-7)5-13(2)18(14,15)10-4-8(11)6-17-10/h3-4,6H,5,11H2,1-2H3. The monoisotopic (exact) mass is 287 g/mol. The molecule has 2 rings (SSSR count). The molecule has 0 radical (unpaired) electrons. The highest BCUT2D eigenvalue weighted by Gasteiger charge is 2.23. The van der Waals surface area contributed by atoms with Crippen LogP contribution >= 0.6 is 11.3 Å². The molecule has 18 heavy (non-hydrogen) atoms. The molecule has 2 aromatic rings. The van der Waals surface area contributed by atoms with E-state index in [9.17, 15) is 8.42 Å². The molecule has 0 spiro atoms. The lowest BCUT2D eigenvalue weighted by atomic mass is 10.4. The zero-order valence-electron chi connectivity index (χ0n) is 9.95. The van der Waals surface area contributed by atoms with E-state index in [1.54, 1.807) is 18.4 Å². The normalized spacial score (nSPS) is 12.2. The van der Waals surface area contributed by atoms with Crippen LogP contribution in [-0.2, 0) is 16.6 Å². The zero-order valence-corrected chi connectivity index (χ0v) is 11.6. The SMILES string of the molecule is Cc1cc(CN(C)S(=O)(=O)c2cc(N)cs2)no1. The van der Waals surface area contributed by atoms with Crippen LogP contribution in [0.4, 0.5) is 5.69 Å². The van der Waals surface area contributed by atoms with E-state index in [0.717, 1.165) is 11.3 Å². The van der Waals surface area contributed by atoms with Crippen molar-refractivity contribution in [3.63, 3.8) is 0 Å². The van der Waals surface area contributed by atoms with Crippen LogP contribution in [0.2, 0.25) is 0 Å². The Kier molecular flexibility index (Phi) is 3.42. The molecule has 0 aliphatic carbocycles. The third-order valence-electron chi connectivity index (χ3n) is 2.32. The van der Waals surface area contributed by atoms with Crippen molar-refractivity contribution >= 4 is 27.0 Å². The Bertz CT molecular complexity index is 645. The number of nitrogens with two attached hydrogens (primary N) is 1. The number of rotatable bonds is 4. The highest BCUT2D eigenvalue weighted by Crippen LogP contribution is 2.25. The molecule has 0 fully saturated rings. The van der Waals surface area contributed by atoms with Gasteiger partial charge in [0.05, 0.1) is 12.2 Å². The Morgan fingerprint density at radius 1 is 1.50 bits per heavy atom. The van der Waals surface area contributed by atoms with Crippen LogP contribution in [0, 0.1) is 6.92 Å². The van der Waals surface area contributed by atoms with Crippen LogP contribution in [0.3, 0.4) is 0 Å². The average Bonchev–Trinajstić information content (AvgIpc) is 2.88. The summed E-state index contributed by atoms with van der Waals surface area (Å²) < 4.78 is 30.7. The number of hydrogen-bond acceptors (Lipinski definition) is 6. The second-order valence-corrected chi connectivity index (χ2v) is 7.07. The minimum absolute atomic E-state index is 0.164. The van der Waals surface area contributed by atoms with Gasteiger partial charge in [-0.2, -0.15) is 4.31 Å². The number of aromatic nitrogens is 1. The molecule has 0 bridgehead atoms. The number of nitrogens with zero attached hydrogens (tertiary/aromatic N) is 2. The molecule has 0 aromatic carbocycles. The molecule has 0 aliphatic heterocycles. The fraction of sp³-hybridized carbons (Fsp3) is 0.300. The Morgan fingerprint density at radius 2 is 2.22 bits per heavy atom. The van der Waals surface area contributed by atoms with Crippen molar-refractivity contribution in [1.82, 2.24) is 9.46 Å². The number of anilines is 1. The van der Waals surface area contributed by atoms with Gasteiger partial charge in [-0.15, -0.1) is 11.3 Å². The van der Waals surface area contributed by atoms with Gasteiger partial charge in [-0.3, -0.25) is 0 Å². The van der Waals surface area contributed by atoms with Gasteiger partial charge in [0.2, 0.25) is 0 Å². The van der Waals surface area contributed by atoms with Crippen molar-refractivity contribution in [1.29, 1.82) is 0 Å². The summed E-state index contributed by atoms with van der Waals surface area (Å²) in [5.41, 5.74) is 6.55. The minimum atomic E-state index is -3.52. The van der Waals surface area contributed by atoms with Crippen LogP contribution in [-0.4, -0.2) is 24.9 Å². The Balaban J connectivity index is 2.20. The van der Waals surface area contributed by atoms with E-state index in [-0.39, 0.29) is 10.8 Å². The van der Waals surface area contributed by atoms with Crippen molar-refractivity contribution in [3.8, 4) is 0 Å². The molecule has 0 aliphatic rings. The summed E-state index contributed by atoms with van der Waals surface area (Å²) in [5.74, 6) is 0.649. The van der Waals surface area contributed by atoms with Crippen molar-refractivity contribution in [2.45, 2.75) is 17.7 Å². The van der Waals surface area contributed by atoms with Crippen LogP contribution in [0.5, 0.6) is 0 Å². The first-order valence-corrected chi connectivity index (χ1v) is 7.44. The second-order valence-electron chi connectivity index (χ2n) is 3.89. The Labute approximate surface area is 109 Å². The van der Waals surface area contributed by atoms with Crippen LogP contribution in [0.1, 0.15) is 11.5 Å². The van der Waals surface area contributed by atoms with E-state index in [1.165, 1.54) is 17.4 Å². The lowest BCUT2D eigenvalue weighted by Gasteiger charge is -2.13. The quantitative estimate of drug-likeness (QED) is 0.919. The van der Waals surface area contributed by atoms with Crippen LogP contribution in [0.25, 0.3) is 0 Å². The van der Waals surface area contributed by atoms with Crippen molar-refractivity contribution in [2.24, 2.45) is 0 Å². The molecule has 2 heterocycles. The lowest BCUT2D eigenvalue weighted by Crippen LogP contribution is -2.25. The summed E-state index contributed by atoms with van der Waals surface area (Å²) in [6.07, 6.45) is 0. The molecule has 0 saturated heterocycles. The number of sulfonamides is 1. The predicted molar refractivity (Wildman–Crippen MR) is 68.6 cm³/mol. The maximum absolute atomic E-state index is 12.2. The topological polar surface area (TPSA) is 89.4 Å². The Morgan fingerprint density at radius 3 is 2.72 bits per heavy atom. The van der Waals surface area contributed by atoms with Gasteiger partial charge in [0.1, 0.15) is 9.97 Å². The first-order valence-electron chi connectivity index (χ1n) is 5.12. The van der Waals surface area contributed by atoms with Gasteiger partial charge in [-0.05, 0) is 13.0 Å². The number of hydrogen-bond donors (Lipinski definition) is 1. The van der Waals surface area contributed by atoms with Crippen LogP contribution in [0.15, 0.2) is 26.2 Å². The molecule has 2 aromatic heterocycles. The summed E-state index contributed by atoms with van der Waals surface area (Å²) >= 11 is 1.10. The number of thiophene rings is 1. The summed E-state index contributed by atoms with van der Waals surface area (Å²) in [6, 6.07) is 3.15. The van der Waals surface area contributed by atoms with Gasteiger partial charge in [-0.1, -0.05) is 5.16 Å². The molecule has 0 saturated carbocycles. The molecule has 0 atom stereocenters. The summed E-state index contributed by atoms with van der Waals surface area (Å²) in [4.78, 5) is 0. The number of aryl methyl sites for hydroxylation is 1. The molecule has 0 amide bonds. The predicted octanol–water partition coefficient (Wildman–Crippen LogP) is 1.45. The second kappa shape index (κ2) is 4.71. The fourth-order valence-electron chi connectivity index (χ4n) is 1.42. The summed E-state index contributed by atoms with van der Waals surface area (Å²) in [7, 11) is -2.02. The van der Waals surface area contributed by atoms with Gasteiger partial charge in [0.15, 0.2) is 0 Å². The van der Waals surface area contributed by atoms with Gasteiger partial charge < -0.3 is 10.3 Å². The molecule has 2 N–H and O–H groups in total. The van der Waals surface area contributed by atoms with E-state index in [4.69, 9.17) is 10.3 Å². The molecule has 6 nitrogen and oxygen atoms in total. The highest BCUT2D eigenvalue weighted by atomic mass is 32.2. The van der Waals surface area contributed by atoms with Crippen molar-refractivity contribution in [2.75, 3.05) is 12.8 Å². The van der Waals surface area contributed by atoms with E-state index in [0.29, 0.717) is 17.1 Å². The van der Waals surface area contributed by atoms with Gasteiger partial charge in [0, 0.05) is 24.2 Å². The van der Waals surface area contributed by atoms with Gasteiger partial charge >= 0.3 is 0 Å².